The molecule has 0 spiro atoms. The molecule has 27 heavy (non-hydrogen) atoms. The Bertz CT molecular complexity index is 892. The summed E-state index contributed by atoms with van der Waals surface area (Å²) in [5.74, 6) is -1.62. The highest BCUT2D eigenvalue weighted by atomic mass is 19.1. The lowest BCUT2D eigenvalue weighted by Gasteiger charge is -2.18. The third-order valence-electron chi connectivity index (χ3n) is 4.11. The van der Waals surface area contributed by atoms with Gasteiger partial charge in [-0.3, -0.25) is 0 Å². The number of ether oxygens (including phenoxy) is 1. The highest BCUT2D eigenvalue weighted by molar-refractivity contribution is 6.00. The monoisotopic (exact) mass is 370 g/mol. The molecule has 0 amide bonds. The second kappa shape index (κ2) is 8.54. The normalized spacial score (nSPS) is 10.4. The van der Waals surface area contributed by atoms with Gasteiger partial charge in [0.15, 0.2) is 0 Å². The van der Waals surface area contributed by atoms with Gasteiger partial charge in [-0.05, 0) is 56.5 Å². The molecule has 0 aliphatic heterocycles. The van der Waals surface area contributed by atoms with E-state index in [1.54, 1.807) is 13.0 Å². The molecule has 0 saturated heterocycles. The van der Waals surface area contributed by atoms with E-state index < -0.39 is 11.8 Å². The van der Waals surface area contributed by atoms with Gasteiger partial charge >= 0.3 is 5.97 Å². The fourth-order valence-corrected chi connectivity index (χ4v) is 2.73. The van der Waals surface area contributed by atoms with Crippen molar-refractivity contribution in [2.45, 2.75) is 27.2 Å². The van der Waals surface area contributed by atoms with Gasteiger partial charge in [-0.25, -0.2) is 9.18 Å². The Morgan fingerprint density at radius 3 is 2.41 bits per heavy atom. The maximum Gasteiger partial charge on any atom is 0.340 e. The minimum atomic E-state index is -1.27. The molecule has 5 heteroatoms. The van der Waals surface area contributed by atoms with Gasteiger partial charge in [-0.15, -0.1) is 0 Å². The maximum absolute atomic E-state index is 13.2. The fraction of sp³-hybridized carbons (Fsp3) is 0.227. The molecule has 2 aromatic rings. The number of aromatic hydroxyl groups is 1. The molecular formula is C22H23FO4. The van der Waals surface area contributed by atoms with E-state index in [1.165, 1.54) is 24.3 Å². The van der Waals surface area contributed by atoms with E-state index in [9.17, 15) is 19.4 Å². The quantitative estimate of drug-likeness (QED) is 0.658. The lowest BCUT2D eigenvalue weighted by molar-refractivity contribution is 0.0693. The fourth-order valence-electron chi connectivity index (χ4n) is 2.73. The number of halogens is 1. The van der Waals surface area contributed by atoms with Crippen molar-refractivity contribution in [3.8, 4) is 11.5 Å². The second-order valence-electron chi connectivity index (χ2n) is 6.33. The van der Waals surface area contributed by atoms with Crippen LogP contribution in [-0.4, -0.2) is 22.8 Å². The Balaban J connectivity index is 2.69. The van der Waals surface area contributed by atoms with Crippen molar-refractivity contribution in [2.75, 3.05) is 6.61 Å². The van der Waals surface area contributed by atoms with E-state index in [2.05, 4.69) is 6.58 Å². The molecule has 0 bridgehead atoms. The number of aromatic carboxylic acids is 1. The summed E-state index contributed by atoms with van der Waals surface area (Å²) < 4.78 is 18.8. The molecule has 0 radical (unpaired) electrons. The van der Waals surface area contributed by atoms with Gasteiger partial charge in [0, 0.05) is 11.1 Å². The van der Waals surface area contributed by atoms with Crippen LogP contribution in [0.5, 0.6) is 11.5 Å². The topological polar surface area (TPSA) is 66.8 Å². The van der Waals surface area contributed by atoms with Crippen molar-refractivity contribution in [3.05, 3.63) is 76.6 Å². The van der Waals surface area contributed by atoms with Crippen LogP contribution >= 0.6 is 0 Å². The SMILES string of the molecule is C=C(c1ccc(F)cc1)c1cc(OCC)c(CC=C(C)C)c(O)c1C(=O)O. The molecule has 4 nitrogen and oxygen atoms in total. The second-order valence-corrected chi connectivity index (χ2v) is 6.33. The number of phenols is 1. The number of hydrogen-bond acceptors (Lipinski definition) is 3. The molecule has 0 unspecified atom stereocenters. The summed E-state index contributed by atoms with van der Waals surface area (Å²) in [4.78, 5) is 11.9. The van der Waals surface area contributed by atoms with Crippen LogP contribution in [0.4, 0.5) is 4.39 Å². The molecule has 142 valence electrons. The number of allylic oxidation sites excluding steroid dienone is 2. The van der Waals surface area contributed by atoms with E-state index in [0.29, 0.717) is 35.5 Å². The number of carboxylic acids is 1. The zero-order chi connectivity index (χ0) is 20.1. The Hall–Kier alpha value is -3.08. The minimum Gasteiger partial charge on any atom is -0.507 e. The third-order valence-corrected chi connectivity index (χ3v) is 4.11. The van der Waals surface area contributed by atoms with Crippen LogP contribution in [0, 0.1) is 5.82 Å². The molecule has 0 heterocycles. The summed E-state index contributed by atoms with van der Waals surface area (Å²) in [7, 11) is 0. The first-order valence-electron chi connectivity index (χ1n) is 8.59. The predicted molar refractivity (Wildman–Crippen MR) is 104 cm³/mol. The molecular weight excluding hydrogens is 347 g/mol. The lowest BCUT2D eigenvalue weighted by Crippen LogP contribution is -2.08. The Labute approximate surface area is 158 Å². The summed E-state index contributed by atoms with van der Waals surface area (Å²) in [6.45, 7) is 9.95. The van der Waals surface area contributed by atoms with Crippen molar-refractivity contribution in [2.24, 2.45) is 0 Å². The van der Waals surface area contributed by atoms with Crippen LogP contribution in [0.25, 0.3) is 5.57 Å². The first-order valence-corrected chi connectivity index (χ1v) is 8.59. The summed E-state index contributed by atoms with van der Waals surface area (Å²) in [5, 5.41) is 20.4. The number of benzene rings is 2. The molecule has 2 rings (SSSR count). The van der Waals surface area contributed by atoms with Crippen LogP contribution in [0.1, 0.15) is 47.8 Å². The molecule has 0 aliphatic rings. The summed E-state index contributed by atoms with van der Waals surface area (Å²) in [6.07, 6.45) is 2.23. The van der Waals surface area contributed by atoms with Gasteiger partial charge in [-0.1, -0.05) is 30.4 Å². The van der Waals surface area contributed by atoms with Crippen molar-refractivity contribution in [1.82, 2.24) is 0 Å². The smallest absolute Gasteiger partial charge is 0.340 e. The van der Waals surface area contributed by atoms with Crippen molar-refractivity contribution < 1.29 is 24.1 Å². The first kappa shape index (κ1) is 20.2. The zero-order valence-electron chi connectivity index (χ0n) is 15.7. The molecule has 0 saturated carbocycles. The highest BCUT2D eigenvalue weighted by Crippen LogP contribution is 2.39. The summed E-state index contributed by atoms with van der Waals surface area (Å²) in [6, 6.07) is 7.14. The average Bonchev–Trinajstić information content (AvgIpc) is 2.60. The molecule has 2 N–H and O–H groups in total. The average molecular weight is 370 g/mol. The van der Waals surface area contributed by atoms with Crippen molar-refractivity contribution in [3.63, 3.8) is 0 Å². The minimum absolute atomic E-state index is 0.232. The highest BCUT2D eigenvalue weighted by Gasteiger charge is 2.24. The predicted octanol–water partition coefficient (Wildman–Crippen LogP) is 5.20. The lowest BCUT2D eigenvalue weighted by atomic mass is 9.91. The molecule has 0 aromatic heterocycles. The summed E-state index contributed by atoms with van der Waals surface area (Å²) in [5.41, 5.74) is 2.34. The van der Waals surface area contributed by atoms with Gasteiger partial charge in [0.1, 0.15) is 22.9 Å². The standard InChI is InChI=1S/C22H23FO4/c1-5-27-19-12-18(14(4)15-7-9-16(23)10-8-15)20(22(25)26)21(24)17(19)11-6-13(2)3/h6-10,12,24H,4-5,11H2,1-3H3,(H,25,26). The van der Waals surface area contributed by atoms with Crippen molar-refractivity contribution >= 4 is 11.5 Å². The number of rotatable bonds is 7. The van der Waals surface area contributed by atoms with Crippen LogP contribution in [0.2, 0.25) is 0 Å². The van der Waals surface area contributed by atoms with Gasteiger partial charge in [-0.2, -0.15) is 0 Å². The van der Waals surface area contributed by atoms with E-state index in [-0.39, 0.29) is 16.9 Å². The van der Waals surface area contributed by atoms with Crippen LogP contribution in [0.15, 0.2) is 48.6 Å². The third kappa shape index (κ3) is 4.56. The Morgan fingerprint density at radius 2 is 1.89 bits per heavy atom. The van der Waals surface area contributed by atoms with E-state index in [0.717, 1.165) is 5.57 Å². The first-order chi connectivity index (χ1) is 12.8. The van der Waals surface area contributed by atoms with E-state index >= 15 is 0 Å². The number of carbonyl (C=O) groups is 1. The van der Waals surface area contributed by atoms with Gasteiger partial charge in [0.2, 0.25) is 0 Å². The van der Waals surface area contributed by atoms with Crippen LogP contribution in [-0.2, 0) is 6.42 Å². The van der Waals surface area contributed by atoms with E-state index in [4.69, 9.17) is 4.74 Å². The molecule has 0 fully saturated rings. The molecule has 2 aromatic carbocycles. The largest absolute Gasteiger partial charge is 0.507 e. The van der Waals surface area contributed by atoms with E-state index in [1.807, 2.05) is 19.9 Å². The van der Waals surface area contributed by atoms with Gasteiger partial charge in [0.25, 0.3) is 0 Å². The molecule has 0 atom stereocenters. The van der Waals surface area contributed by atoms with Gasteiger partial charge < -0.3 is 14.9 Å². The zero-order valence-corrected chi connectivity index (χ0v) is 15.7. The van der Waals surface area contributed by atoms with Crippen molar-refractivity contribution in [1.29, 1.82) is 0 Å². The maximum atomic E-state index is 13.2. The number of hydrogen-bond donors (Lipinski definition) is 2. The Kier molecular flexibility index (Phi) is 6.40. The van der Waals surface area contributed by atoms with Crippen LogP contribution < -0.4 is 4.74 Å². The van der Waals surface area contributed by atoms with Crippen LogP contribution in [0.3, 0.4) is 0 Å². The molecule has 0 aliphatic carbocycles. The Morgan fingerprint density at radius 1 is 1.26 bits per heavy atom. The van der Waals surface area contributed by atoms with Gasteiger partial charge in [0.05, 0.1) is 6.61 Å². The summed E-state index contributed by atoms with van der Waals surface area (Å²) >= 11 is 0. The number of carboxylic acid groups (broad SMARTS) is 1.